The van der Waals surface area contributed by atoms with Gasteiger partial charge in [-0.1, -0.05) is 6.07 Å². The number of nitrogens with zero attached hydrogens (tertiary/aromatic N) is 1. The number of likely N-dealkylation sites (N-methyl/N-ethyl adjacent to an activating group) is 1. The Balaban J connectivity index is 2.20. The van der Waals surface area contributed by atoms with Crippen LogP contribution in [0.2, 0.25) is 0 Å². The number of carbonyl (C=O) groups is 1. The molecule has 0 radical (unpaired) electrons. The molecule has 0 saturated heterocycles. The van der Waals surface area contributed by atoms with Crippen molar-refractivity contribution in [2.24, 2.45) is 0 Å². The van der Waals surface area contributed by atoms with E-state index in [0.29, 0.717) is 6.54 Å². The summed E-state index contributed by atoms with van der Waals surface area (Å²) in [5.41, 5.74) is 2.39. The van der Waals surface area contributed by atoms with Gasteiger partial charge in [0.15, 0.2) is 11.5 Å². The fraction of sp³-hybridized carbons (Fsp3) is 0.500. The van der Waals surface area contributed by atoms with Crippen LogP contribution in [0.3, 0.4) is 0 Å². The normalized spacial score (nSPS) is 14.7. The molecule has 2 rings (SSSR count). The molecule has 19 heavy (non-hydrogen) atoms. The van der Waals surface area contributed by atoms with Gasteiger partial charge in [-0.3, -0.25) is 9.69 Å². The van der Waals surface area contributed by atoms with Gasteiger partial charge in [0.05, 0.1) is 20.8 Å². The first-order chi connectivity index (χ1) is 9.19. The van der Waals surface area contributed by atoms with Gasteiger partial charge in [-0.2, -0.15) is 0 Å². The molecular weight excluding hydrogens is 244 g/mol. The van der Waals surface area contributed by atoms with Crippen molar-refractivity contribution in [1.29, 1.82) is 0 Å². The SMILES string of the molecule is CNC(=O)CN1CCc2c(ccc(OC)c2OC)C1. The van der Waals surface area contributed by atoms with Crippen molar-refractivity contribution < 1.29 is 14.3 Å². The van der Waals surface area contributed by atoms with E-state index in [2.05, 4.69) is 10.2 Å². The molecular formula is C14H20N2O3. The summed E-state index contributed by atoms with van der Waals surface area (Å²) in [6.07, 6.45) is 0.868. The van der Waals surface area contributed by atoms with E-state index in [4.69, 9.17) is 9.47 Å². The van der Waals surface area contributed by atoms with Crippen molar-refractivity contribution in [3.05, 3.63) is 23.3 Å². The van der Waals surface area contributed by atoms with E-state index in [0.717, 1.165) is 31.0 Å². The minimum atomic E-state index is 0.0453. The monoisotopic (exact) mass is 264 g/mol. The number of carbonyl (C=O) groups excluding carboxylic acids is 1. The maximum atomic E-state index is 11.4. The van der Waals surface area contributed by atoms with E-state index in [1.54, 1.807) is 21.3 Å². The molecule has 0 aliphatic carbocycles. The number of hydrogen-bond donors (Lipinski definition) is 1. The molecule has 1 heterocycles. The first kappa shape index (κ1) is 13.7. The zero-order valence-corrected chi connectivity index (χ0v) is 11.7. The van der Waals surface area contributed by atoms with E-state index in [9.17, 15) is 4.79 Å². The van der Waals surface area contributed by atoms with Crippen LogP contribution in [0.15, 0.2) is 12.1 Å². The lowest BCUT2D eigenvalue weighted by Crippen LogP contribution is -2.38. The van der Waals surface area contributed by atoms with Gasteiger partial charge >= 0.3 is 0 Å². The predicted molar refractivity (Wildman–Crippen MR) is 72.6 cm³/mol. The summed E-state index contributed by atoms with van der Waals surface area (Å²) in [6, 6.07) is 3.97. The van der Waals surface area contributed by atoms with Gasteiger partial charge in [-0.05, 0) is 18.1 Å². The maximum Gasteiger partial charge on any atom is 0.233 e. The van der Waals surface area contributed by atoms with Crippen LogP contribution in [0.5, 0.6) is 11.5 Å². The van der Waals surface area contributed by atoms with E-state index in [1.165, 1.54) is 11.1 Å². The van der Waals surface area contributed by atoms with E-state index >= 15 is 0 Å². The Morgan fingerprint density at radius 3 is 2.79 bits per heavy atom. The third kappa shape index (κ3) is 2.81. The van der Waals surface area contributed by atoms with Crippen molar-refractivity contribution in [3.8, 4) is 11.5 Å². The molecule has 5 nitrogen and oxygen atoms in total. The lowest BCUT2D eigenvalue weighted by molar-refractivity contribution is -0.121. The molecule has 1 aliphatic heterocycles. The zero-order chi connectivity index (χ0) is 13.8. The molecule has 5 heteroatoms. The van der Waals surface area contributed by atoms with Crippen LogP contribution >= 0.6 is 0 Å². The molecule has 0 fully saturated rings. The Morgan fingerprint density at radius 2 is 2.16 bits per heavy atom. The lowest BCUT2D eigenvalue weighted by atomic mass is 9.98. The van der Waals surface area contributed by atoms with Crippen LogP contribution < -0.4 is 14.8 Å². The summed E-state index contributed by atoms with van der Waals surface area (Å²) in [5.74, 6) is 1.63. The van der Waals surface area contributed by atoms with Crippen LogP contribution in [0.25, 0.3) is 0 Å². The van der Waals surface area contributed by atoms with Gasteiger partial charge in [0, 0.05) is 25.7 Å². The summed E-state index contributed by atoms with van der Waals surface area (Å²) >= 11 is 0. The maximum absolute atomic E-state index is 11.4. The first-order valence-electron chi connectivity index (χ1n) is 6.35. The number of fused-ring (bicyclic) bond motifs is 1. The summed E-state index contributed by atoms with van der Waals surface area (Å²) in [6.45, 7) is 2.05. The van der Waals surface area contributed by atoms with E-state index in [-0.39, 0.29) is 5.91 Å². The van der Waals surface area contributed by atoms with Crippen LogP contribution in [0.4, 0.5) is 0 Å². The average molecular weight is 264 g/mol. The number of ether oxygens (including phenoxy) is 2. The molecule has 0 bridgehead atoms. The Morgan fingerprint density at radius 1 is 1.37 bits per heavy atom. The number of methoxy groups -OCH3 is 2. The summed E-state index contributed by atoms with van der Waals surface area (Å²) in [7, 11) is 4.97. The fourth-order valence-corrected chi connectivity index (χ4v) is 2.46. The number of rotatable bonds is 4. The van der Waals surface area contributed by atoms with Crippen LogP contribution in [-0.2, 0) is 17.8 Å². The van der Waals surface area contributed by atoms with Crippen molar-refractivity contribution >= 4 is 5.91 Å². The minimum absolute atomic E-state index is 0.0453. The van der Waals surface area contributed by atoms with E-state index < -0.39 is 0 Å². The highest BCUT2D eigenvalue weighted by atomic mass is 16.5. The third-order valence-electron chi connectivity index (χ3n) is 3.46. The Bertz CT molecular complexity index is 474. The van der Waals surface area contributed by atoms with Crippen LogP contribution in [-0.4, -0.2) is 45.2 Å². The van der Waals surface area contributed by atoms with E-state index in [1.807, 2.05) is 12.1 Å². The van der Waals surface area contributed by atoms with Gasteiger partial charge < -0.3 is 14.8 Å². The molecule has 1 N–H and O–H groups in total. The molecule has 1 amide bonds. The third-order valence-corrected chi connectivity index (χ3v) is 3.46. The van der Waals surface area contributed by atoms with Gasteiger partial charge in [0.1, 0.15) is 0 Å². The smallest absolute Gasteiger partial charge is 0.233 e. The molecule has 104 valence electrons. The predicted octanol–water partition coefficient (Wildman–Crippen LogP) is 0.808. The van der Waals surface area contributed by atoms with Gasteiger partial charge in [-0.25, -0.2) is 0 Å². The average Bonchev–Trinajstić information content (AvgIpc) is 2.45. The number of nitrogens with one attached hydrogen (secondary N) is 1. The Labute approximate surface area is 113 Å². The minimum Gasteiger partial charge on any atom is -0.493 e. The largest absolute Gasteiger partial charge is 0.493 e. The first-order valence-corrected chi connectivity index (χ1v) is 6.35. The topological polar surface area (TPSA) is 50.8 Å². The Hall–Kier alpha value is -1.75. The highest BCUT2D eigenvalue weighted by Gasteiger charge is 2.22. The molecule has 0 atom stereocenters. The molecule has 1 aromatic rings. The van der Waals surface area contributed by atoms with Gasteiger partial charge in [0.25, 0.3) is 0 Å². The second kappa shape index (κ2) is 5.93. The highest BCUT2D eigenvalue weighted by molar-refractivity contribution is 5.77. The quantitative estimate of drug-likeness (QED) is 0.874. The van der Waals surface area contributed by atoms with Crippen molar-refractivity contribution in [3.63, 3.8) is 0 Å². The van der Waals surface area contributed by atoms with Gasteiger partial charge in [0.2, 0.25) is 5.91 Å². The molecule has 0 unspecified atom stereocenters. The second-order valence-corrected chi connectivity index (χ2v) is 4.57. The number of benzene rings is 1. The van der Waals surface area contributed by atoms with Crippen molar-refractivity contribution in [2.75, 3.05) is 34.4 Å². The summed E-state index contributed by atoms with van der Waals surface area (Å²) in [4.78, 5) is 13.6. The van der Waals surface area contributed by atoms with Gasteiger partial charge in [-0.15, -0.1) is 0 Å². The lowest BCUT2D eigenvalue weighted by Gasteiger charge is -2.29. The Kier molecular flexibility index (Phi) is 4.27. The van der Waals surface area contributed by atoms with Crippen LogP contribution in [0, 0.1) is 0 Å². The standard InChI is InChI=1S/C14H20N2O3/c1-15-13(17)9-16-7-6-11-10(8-16)4-5-12(18-2)14(11)19-3/h4-5H,6-9H2,1-3H3,(H,15,17). The second-order valence-electron chi connectivity index (χ2n) is 4.57. The number of amides is 1. The number of hydrogen-bond acceptors (Lipinski definition) is 4. The van der Waals surface area contributed by atoms with Crippen molar-refractivity contribution in [1.82, 2.24) is 10.2 Å². The fourth-order valence-electron chi connectivity index (χ4n) is 2.46. The van der Waals surface area contributed by atoms with Crippen molar-refractivity contribution in [2.45, 2.75) is 13.0 Å². The summed E-state index contributed by atoms with van der Waals surface area (Å²) < 4.78 is 10.8. The highest BCUT2D eigenvalue weighted by Crippen LogP contribution is 2.36. The molecule has 0 saturated carbocycles. The molecule has 1 aliphatic rings. The molecule has 0 spiro atoms. The summed E-state index contributed by atoms with van der Waals surface area (Å²) in [5, 5.41) is 2.65. The molecule has 1 aromatic carbocycles. The zero-order valence-electron chi connectivity index (χ0n) is 11.7. The molecule has 0 aromatic heterocycles. The van der Waals surface area contributed by atoms with Crippen LogP contribution in [0.1, 0.15) is 11.1 Å².